The van der Waals surface area contributed by atoms with E-state index in [1.807, 2.05) is 42.5 Å². The van der Waals surface area contributed by atoms with Gasteiger partial charge >= 0.3 is 0 Å². The summed E-state index contributed by atoms with van der Waals surface area (Å²) >= 11 is 7.77. The lowest BCUT2D eigenvalue weighted by molar-refractivity contribution is 0.171. The number of benzene rings is 2. The van der Waals surface area contributed by atoms with E-state index in [9.17, 15) is 4.79 Å². The minimum Gasteiger partial charge on any atom is -0.486 e. The highest BCUT2D eigenvalue weighted by Gasteiger charge is 2.17. The number of thiophene rings is 1. The Morgan fingerprint density at radius 2 is 1.93 bits per heavy atom. The summed E-state index contributed by atoms with van der Waals surface area (Å²) in [5.41, 5.74) is 2.58. The third-order valence-corrected chi connectivity index (χ3v) is 6.01. The van der Waals surface area contributed by atoms with Crippen LogP contribution in [-0.2, 0) is 6.54 Å². The SMILES string of the molecule is O=c1c2sc(-c3ccccc3)cc2ncn1Cc1cc(Cl)c2c(c1)OCCO2. The molecule has 4 aromatic rings. The van der Waals surface area contributed by atoms with Gasteiger partial charge in [-0.1, -0.05) is 41.9 Å². The molecule has 0 unspecified atom stereocenters. The highest BCUT2D eigenvalue weighted by Crippen LogP contribution is 2.38. The Balaban J connectivity index is 1.53. The highest BCUT2D eigenvalue weighted by atomic mass is 35.5. The molecular weight excluding hydrogens is 396 g/mol. The fraction of sp³-hybridized carbons (Fsp3) is 0.143. The molecule has 140 valence electrons. The Morgan fingerprint density at radius 3 is 2.79 bits per heavy atom. The van der Waals surface area contributed by atoms with Crippen LogP contribution >= 0.6 is 22.9 Å². The molecule has 0 aliphatic carbocycles. The van der Waals surface area contributed by atoms with E-state index in [1.165, 1.54) is 11.3 Å². The first-order valence-corrected chi connectivity index (χ1v) is 10.0. The molecule has 0 saturated heterocycles. The van der Waals surface area contributed by atoms with Gasteiger partial charge in [-0.15, -0.1) is 11.3 Å². The third kappa shape index (κ3) is 3.04. The van der Waals surface area contributed by atoms with Crippen LogP contribution in [0.3, 0.4) is 0 Å². The zero-order chi connectivity index (χ0) is 19.1. The number of rotatable bonds is 3. The van der Waals surface area contributed by atoms with Crippen LogP contribution in [0.2, 0.25) is 5.02 Å². The molecule has 0 N–H and O–H groups in total. The standard InChI is InChI=1S/C21H15ClN2O3S/c22-15-8-13(9-17-19(15)27-7-6-26-17)11-24-12-23-16-10-18(28-20(16)21(24)25)14-4-2-1-3-5-14/h1-5,8-10,12H,6-7,11H2. The van der Waals surface area contributed by atoms with Crippen molar-refractivity contribution in [3.63, 3.8) is 0 Å². The second-order valence-electron chi connectivity index (χ2n) is 6.47. The molecular formula is C21H15ClN2O3S. The van der Waals surface area contributed by atoms with Gasteiger partial charge in [-0.25, -0.2) is 4.98 Å². The lowest BCUT2D eigenvalue weighted by atomic mass is 10.2. The van der Waals surface area contributed by atoms with Crippen molar-refractivity contribution in [1.29, 1.82) is 0 Å². The Labute approximate surface area is 169 Å². The number of hydrogen-bond donors (Lipinski definition) is 0. The van der Waals surface area contributed by atoms with Crippen molar-refractivity contribution in [1.82, 2.24) is 9.55 Å². The van der Waals surface area contributed by atoms with Gasteiger partial charge in [0, 0.05) is 4.88 Å². The summed E-state index contributed by atoms with van der Waals surface area (Å²) in [7, 11) is 0. The van der Waals surface area contributed by atoms with Crippen molar-refractivity contribution in [2.45, 2.75) is 6.54 Å². The first kappa shape index (κ1) is 17.3. The molecule has 7 heteroatoms. The molecule has 3 heterocycles. The van der Waals surface area contributed by atoms with E-state index in [0.717, 1.165) is 16.0 Å². The maximum absolute atomic E-state index is 13.0. The van der Waals surface area contributed by atoms with Crippen molar-refractivity contribution in [3.05, 3.63) is 75.8 Å². The summed E-state index contributed by atoms with van der Waals surface area (Å²) < 4.78 is 13.4. The molecule has 1 aliphatic heterocycles. The predicted molar refractivity (Wildman–Crippen MR) is 111 cm³/mol. The van der Waals surface area contributed by atoms with Crippen LogP contribution in [0.25, 0.3) is 20.7 Å². The van der Waals surface area contributed by atoms with Gasteiger partial charge in [0.15, 0.2) is 11.5 Å². The number of halogens is 1. The van der Waals surface area contributed by atoms with E-state index in [4.69, 9.17) is 21.1 Å². The molecule has 0 saturated carbocycles. The van der Waals surface area contributed by atoms with Gasteiger partial charge < -0.3 is 9.47 Å². The lowest BCUT2D eigenvalue weighted by Crippen LogP contribution is -2.21. The molecule has 5 rings (SSSR count). The molecule has 1 aliphatic rings. The third-order valence-electron chi connectivity index (χ3n) is 4.57. The van der Waals surface area contributed by atoms with Crippen molar-refractivity contribution >= 4 is 33.2 Å². The topological polar surface area (TPSA) is 53.4 Å². The van der Waals surface area contributed by atoms with Gasteiger partial charge in [0.2, 0.25) is 0 Å². The van der Waals surface area contributed by atoms with Gasteiger partial charge in [-0.05, 0) is 29.3 Å². The predicted octanol–water partition coefficient (Wildman–Crippen LogP) is 4.60. The zero-order valence-electron chi connectivity index (χ0n) is 14.7. The summed E-state index contributed by atoms with van der Waals surface area (Å²) in [6.07, 6.45) is 1.58. The molecule has 2 aromatic heterocycles. The van der Waals surface area contributed by atoms with Crippen molar-refractivity contribution in [3.8, 4) is 21.9 Å². The van der Waals surface area contributed by atoms with E-state index in [0.29, 0.717) is 46.5 Å². The van der Waals surface area contributed by atoms with E-state index < -0.39 is 0 Å². The number of fused-ring (bicyclic) bond motifs is 2. The Bertz CT molecular complexity index is 1230. The van der Waals surface area contributed by atoms with Gasteiger partial charge in [-0.2, -0.15) is 0 Å². The Morgan fingerprint density at radius 1 is 1.11 bits per heavy atom. The van der Waals surface area contributed by atoms with Crippen LogP contribution in [-0.4, -0.2) is 22.8 Å². The van der Waals surface area contributed by atoms with Gasteiger partial charge in [-0.3, -0.25) is 9.36 Å². The monoisotopic (exact) mass is 410 g/mol. The molecule has 28 heavy (non-hydrogen) atoms. The normalized spacial score (nSPS) is 13.0. The zero-order valence-corrected chi connectivity index (χ0v) is 16.3. The Kier molecular flexibility index (Phi) is 4.30. The minimum atomic E-state index is -0.0665. The number of hydrogen-bond acceptors (Lipinski definition) is 5. The van der Waals surface area contributed by atoms with Gasteiger partial charge in [0.05, 0.1) is 23.4 Å². The van der Waals surface area contributed by atoms with E-state index in [2.05, 4.69) is 4.98 Å². The van der Waals surface area contributed by atoms with Gasteiger partial charge in [0.1, 0.15) is 17.9 Å². The fourth-order valence-electron chi connectivity index (χ4n) is 3.25. The molecule has 5 nitrogen and oxygen atoms in total. The highest BCUT2D eigenvalue weighted by molar-refractivity contribution is 7.22. The number of ether oxygens (including phenoxy) is 2. The van der Waals surface area contributed by atoms with Crippen LogP contribution in [0.4, 0.5) is 0 Å². The maximum atomic E-state index is 13.0. The maximum Gasteiger partial charge on any atom is 0.271 e. The van der Waals surface area contributed by atoms with Crippen LogP contribution in [0.1, 0.15) is 5.56 Å². The molecule has 0 bridgehead atoms. The quantitative estimate of drug-likeness (QED) is 0.495. The molecule has 2 aromatic carbocycles. The summed E-state index contributed by atoms with van der Waals surface area (Å²) in [5.74, 6) is 1.17. The van der Waals surface area contributed by atoms with E-state index in [1.54, 1.807) is 17.0 Å². The second-order valence-corrected chi connectivity index (χ2v) is 7.93. The largest absolute Gasteiger partial charge is 0.486 e. The van der Waals surface area contributed by atoms with Crippen molar-refractivity contribution in [2.24, 2.45) is 0 Å². The summed E-state index contributed by atoms with van der Waals surface area (Å²) in [6.45, 7) is 1.32. The summed E-state index contributed by atoms with van der Waals surface area (Å²) in [5, 5.41) is 0.483. The number of aromatic nitrogens is 2. The van der Waals surface area contributed by atoms with Gasteiger partial charge in [0.25, 0.3) is 5.56 Å². The first-order valence-electron chi connectivity index (χ1n) is 8.81. The number of nitrogens with zero attached hydrogens (tertiary/aromatic N) is 2. The molecule has 0 amide bonds. The first-order chi connectivity index (χ1) is 13.7. The average molecular weight is 411 g/mol. The molecule has 0 spiro atoms. The summed E-state index contributed by atoms with van der Waals surface area (Å²) in [4.78, 5) is 18.5. The summed E-state index contributed by atoms with van der Waals surface area (Å²) in [6, 6.07) is 15.6. The minimum absolute atomic E-state index is 0.0665. The fourth-order valence-corrected chi connectivity index (χ4v) is 4.61. The van der Waals surface area contributed by atoms with Crippen molar-refractivity contribution < 1.29 is 9.47 Å². The van der Waals surface area contributed by atoms with Crippen LogP contribution in [0.5, 0.6) is 11.5 Å². The molecule has 0 atom stereocenters. The van der Waals surface area contributed by atoms with E-state index in [-0.39, 0.29) is 5.56 Å². The average Bonchev–Trinajstić information content (AvgIpc) is 3.16. The second kappa shape index (κ2) is 6.96. The van der Waals surface area contributed by atoms with Crippen LogP contribution in [0, 0.1) is 0 Å². The molecule has 0 radical (unpaired) electrons. The van der Waals surface area contributed by atoms with Crippen molar-refractivity contribution in [2.75, 3.05) is 13.2 Å². The van der Waals surface area contributed by atoms with Crippen LogP contribution < -0.4 is 15.0 Å². The Hall–Kier alpha value is -2.83. The van der Waals surface area contributed by atoms with Crippen LogP contribution in [0.15, 0.2) is 59.7 Å². The lowest BCUT2D eigenvalue weighted by Gasteiger charge is -2.20. The molecule has 0 fully saturated rings. The smallest absolute Gasteiger partial charge is 0.271 e. The van der Waals surface area contributed by atoms with E-state index >= 15 is 0 Å².